The van der Waals surface area contributed by atoms with Gasteiger partial charge in [0.1, 0.15) is 5.60 Å². The van der Waals surface area contributed by atoms with E-state index < -0.39 is 0 Å². The Bertz CT molecular complexity index is 361. The maximum absolute atomic E-state index is 5.69. The van der Waals surface area contributed by atoms with Gasteiger partial charge < -0.3 is 9.26 Å². The molecule has 0 bridgehead atoms. The molecular weight excluding hydrogens is 284 g/mol. The molecule has 1 aliphatic carbocycles. The molecule has 0 spiro atoms. The molecule has 1 aliphatic rings. The van der Waals surface area contributed by atoms with Crippen molar-refractivity contribution in [3.05, 3.63) is 11.7 Å². The number of alkyl halides is 1. The third-order valence-electron chi connectivity index (χ3n) is 3.53. The van der Waals surface area contributed by atoms with Crippen molar-refractivity contribution < 1.29 is 9.26 Å². The summed E-state index contributed by atoms with van der Waals surface area (Å²) in [5.41, 5.74) is -0.319. The van der Waals surface area contributed by atoms with Crippen LogP contribution in [0.1, 0.15) is 62.0 Å². The minimum Gasteiger partial charge on any atom is -0.370 e. The second-order valence-electron chi connectivity index (χ2n) is 4.59. The Labute approximate surface area is 110 Å². The summed E-state index contributed by atoms with van der Waals surface area (Å²) < 4.78 is 11.0. The molecule has 0 aromatic carbocycles. The Morgan fingerprint density at radius 1 is 1.41 bits per heavy atom. The molecule has 0 aliphatic heterocycles. The zero-order valence-electron chi connectivity index (χ0n) is 10.4. The molecule has 5 heteroatoms. The van der Waals surface area contributed by atoms with Crippen molar-refractivity contribution in [2.24, 2.45) is 0 Å². The van der Waals surface area contributed by atoms with E-state index in [0.717, 1.165) is 19.3 Å². The molecule has 0 amide bonds. The van der Waals surface area contributed by atoms with Gasteiger partial charge in [-0.25, -0.2) is 0 Å². The number of rotatable bonds is 4. The molecule has 4 nitrogen and oxygen atoms in total. The highest BCUT2D eigenvalue weighted by atomic mass is 79.9. The number of hydrogen-bond donors (Lipinski definition) is 0. The van der Waals surface area contributed by atoms with Gasteiger partial charge >= 0.3 is 0 Å². The Morgan fingerprint density at radius 2 is 2.12 bits per heavy atom. The van der Waals surface area contributed by atoms with Crippen molar-refractivity contribution in [1.29, 1.82) is 0 Å². The van der Waals surface area contributed by atoms with Crippen LogP contribution in [0, 0.1) is 0 Å². The summed E-state index contributed by atoms with van der Waals surface area (Å²) >= 11 is 3.52. The summed E-state index contributed by atoms with van der Waals surface area (Å²) in [4.78, 5) is 4.64. The average molecular weight is 303 g/mol. The van der Waals surface area contributed by atoms with Gasteiger partial charge in [0.05, 0.1) is 4.83 Å². The van der Waals surface area contributed by atoms with Crippen LogP contribution in [-0.4, -0.2) is 17.3 Å². The first-order chi connectivity index (χ1) is 8.22. The highest BCUT2D eigenvalue weighted by Gasteiger charge is 2.38. The van der Waals surface area contributed by atoms with E-state index in [-0.39, 0.29) is 10.4 Å². The fourth-order valence-corrected chi connectivity index (χ4v) is 2.55. The predicted molar refractivity (Wildman–Crippen MR) is 68.0 cm³/mol. The lowest BCUT2D eigenvalue weighted by molar-refractivity contribution is -0.0527. The second kappa shape index (κ2) is 5.48. The molecule has 1 aromatic heterocycles. The number of halogens is 1. The Kier molecular flexibility index (Phi) is 4.20. The van der Waals surface area contributed by atoms with Crippen molar-refractivity contribution in [1.82, 2.24) is 10.1 Å². The van der Waals surface area contributed by atoms with Crippen LogP contribution >= 0.6 is 15.9 Å². The summed E-state index contributed by atoms with van der Waals surface area (Å²) in [6.45, 7) is 2.08. The molecule has 1 saturated carbocycles. The maximum Gasteiger partial charge on any atom is 0.240 e. The molecule has 1 atom stereocenters. The van der Waals surface area contributed by atoms with Gasteiger partial charge in [0.15, 0.2) is 0 Å². The molecule has 1 aromatic rings. The van der Waals surface area contributed by atoms with Crippen LogP contribution in [0.2, 0.25) is 0 Å². The van der Waals surface area contributed by atoms with E-state index in [2.05, 4.69) is 33.0 Å². The monoisotopic (exact) mass is 302 g/mol. The molecule has 1 heterocycles. The lowest BCUT2D eigenvalue weighted by Crippen LogP contribution is -2.32. The quantitative estimate of drug-likeness (QED) is 0.795. The van der Waals surface area contributed by atoms with Crippen LogP contribution < -0.4 is 0 Å². The molecular formula is C12H19BrN2O2. The van der Waals surface area contributed by atoms with E-state index in [1.54, 1.807) is 7.11 Å². The van der Waals surface area contributed by atoms with Gasteiger partial charge in [-0.15, -0.1) is 0 Å². The van der Waals surface area contributed by atoms with Crippen LogP contribution in [0.5, 0.6) is 0 Å². The van der Waals surface area contributed by atoms with Crippen molar-refractivity contribution in [3.8, 4) is 0 Å². The van der Waals surface area contributed by atoms with Gasteiger partial charge in [0.2, 0.25) is 11.7 Å². The fraction of sp³-hybridized carbons (Fsp3) is 0.833. The highest BCUT2D eigenvalue weighted by Crippen LogP contribution is 2.39. The zero-order valence-corrected chi connectivity index (χ0v) is 12.0. The minimum absolute atomic E-state index is 0.140. The van der Waals surface area contributed by atoms with Crippen LogP contribution in [0.3, 0.4) is 0 Å². The van der Waals surface area contributed by atoms with Gasteiger partial charge in [-0.2, -0.15) is 4.98 Å². The smallest absolute Gasteiger partial charge is 0.240 e. The van der Waals surface area contributed by atoms with Crippen LogP contribution in [0.4, 0.5) is 0 Å². The van der Waals surface area contributed by atoms with Crippen LogP contribution in [-0.2, 0) is 10.3 Å². The summed E-state index contributed by atoms with van der Waals surface area (Å²) in [5.74, 6) is 1.37. The van der Waals surface area contributed by atoms with E-state index in [1.165, 1.54) is 19.3 Å². The number of nitrogens with zero attached hydrogens (tertiary/aromatic N) is 2. The topological polar surface area (TPSA) is 48.2 Å². The summed E-state index contributed by atoms with van der Waals surface area (Å²) in [6, 6.07) is 0. The minimum atomic E-state index is -0.319. The maximum atomic E-state index is 5.69. The van der Waals surface area contributed by atoms with Crippen LogP contribution in [0.25, 0.3) is 0 Å². The molecule has 0 radical (unpaired) electrons. The lowest BCUT2D eigenvalue weighted by atomic mass is 9.84. The van der Waals surface area contributed by atoms with E-state index >= 15 is 0 Å². The zero-order chi connectivity index (χ0) is 12.3. The van der Waals surface area contributed by atoms with E-state index in [4.69, 9.17) is 9.26 Å². The van der Waals surface area contributed by atoms with E-state index in [9.17, 15) is 0 Å². The third-order valence-corrected chi connectivity index (χ3v) is 4.57. The Hall–Kier alpha value is -0.420. The van der Waals surface area contributed by atoms with Gasteiger partial charge in [0, 0.05) is 7.11 Å². The first-order valence-electron chi connectivity index (χ1n) is 6.25. The van der Waals surface area contributed by atoms with Crippen molar-refractivity contribution >= 4 is 15.9 Å². The molecule has 17 heavy (non-hydrogen) atoms. The molecule has 0 saturated heterocycles. The van der Waals surface area contributed by atoms with Crippen molar-refractivity contribution in [2.45, 2.75) is 55.9 Å². The normalized spacial score (nSPS) is 21.4. The molecule has 0 N–H and O–H groups in total. The lowest BCUT2D eigenvalue weighted by Gasteiger charge is -2.32. The number of aromatic nitrogens is 2. The standard InChI is InChI=1S/C12H19BrN2O2/c1-3-9(13)10-14-11(15-17-10)12(16-2)7-5-4-6-8-12/h9H,3-8H2,1-2H3. The molecule has 1 unspecified atom stereocenters. The SMILES string of the molecule is CCC(Br)c1nc(C2(OC)CCCCC2)no1. The van der Waals surface area contributed by atoms with Crippen molar-refractivity contribution in [2.75, 3.05) is 7.11 Å². The van der Waals surface area contributed by atoms with Gasteiger partial charge in [-0.1, -0.05) is 47.3 Å². The third kappa shape index (κ3) is 2.55. The highest BCUT2D eigenvalue weighted by molar-refractivity contribution is 9.09. The van der Waals surface area contributed by atoms with Crippen molar-refractivity contribution in [3.63, 3.8) is 0 Å². The Balaban J connectivity index is 2.22. The molecule has 2 rings (SSSR count). The average Bonchev–Trinajstić information content (AvgIpc) is 2.88. The number of ether oxygens (including phenoxy) is 1. The van der Waals surface area contributed by atoms with Gasteiger partial charge in [-0.05, 0) is 19.3 Å². The molecule has 1 fully saturated rings. The Morgan fingerprint density at radius 3 is 2.71 bits per heavy atom. The van der Waals surface area contributed by atoms with Crippen LogP contribution in [0.15, 0.2) is 4.52 Å². The number of methoxy groups -OCH3 is 1. The van der Waals surface area contributed by atoms with Gasteiger partial charge in [-0.3, -0.25) is 0 Å². The summed E-state index contributed by atoms with van der Waals surface area (Å²) in [6.07, 6.45) is 6.52. The fourth-order valence-electron chi connectivity index (χ4n) is 2.36. The predicted octanol–water partition coefficient (Wildman–Crippen LogP) is 3.72. The first kappa shape index (κ1) is 13.0. The van der Waals surface area contributed by atoms with E-state index in [0.29, 0.717) is 11.7 Å². The largest absolute Gasteiger partial charge is 0.370 e. The first-order valence-corrected chi connectivity index (χ1v) is 7.16. The summed E-state index contributed by atoms with van der Waals surface area (Å²) in [7, 11) is 1.74. The van der Waals surface area contributed by atoms with E-state index in [1.807, 2.05) is 0 Å². The van der Waals surface area contributed by atoms with Gasteiger partial charge in [0.25, 0.3) is 0 Å². The molecule has 96 valence electrons. The number of hydrogen-bond acceptors (Lipinski definition) is 4. The second-order valence-corrected chi connectivity index (χ2v) is 5.70. The summed E-state index contributed by atoms with van der Waals surface area (Å²) in [5, 5.41) is 4.11.